The molecule has 30 heavy (non-hydrogen) atoms. The van der Waals surface area contributed by atoms with E-state index in [1.165, 1.54) is 27.9 Å². The Kier molecular flexibility index (Phi) is 5.52. The third kappa shape index (κ3) is 4.11. The summed E-state index contributed by atoms with van der Waals surface area (Å²) in [5, 5.41) is 0. The number of hydrogen-bond donors (Lipinski definition) is 0. The van der Waals surface area contributed by atoms with Crippen LogP contribution in [0.4, 0.5) is 5.82 Å². The van der Waals surface area contributed by atoms with Gasteiger partial charge in [-0.1, -0.05) is 60.7 Å². The van der Waals surface area contributed by atoms with Gasteiger partial charge in [-0.25, -0.2) is 4.98 Å². The van der Waals surface area contributed by atoms with E-state index in [4.69, 9.17) is 4.98 Å². The number of likely N-dealkylation sites (N-methyl/N-ethyl adjacent to an activating group) is 1. The van der Waals surface area contributed by atoms with Crippen LogP contribution < -0.4 is 4.90 Å². The Hall–Kier alpha value is -2.69. The highest BCUT2D eigenvalue weighted by Gasteiger charge is 2.24. The first-order chi connectivity index (χ1) is 14.8. The van der Waals surface area contributed by atoms with Gasteiger partial charge in [-0.05, 0) is 35.4 Å². The van der Waals surface area contributed by atoms with Crippen LogP contribution in [0.1, 0.15) is 16.8 Å². The summed E-state index contributed by atoms with van der Waals surface area (Å²) in [5.41, 5.74) is 6.72. The minimum atomic E-state index is 0.963. The summed E-state index contributed by atoms with van der Waals surface area (Å²) < 4.78 is 0. The van der Waals surface area contributed by atoms with Crippen molar-refractivity contribution in [3.05, 3.63) is 83.6 Å². The van der Waals surface area contributed by atoms with Gasteiger partial charge in [-0.2, -0.15) is 0 Å². The van der Waals surface area contributed by atoms with E-state index in [1.807, 2.05) is 0 Å². The van der Waals surface area contributed by atoms with Crippen LogP contribution in [0.2, 0.25) is 0 Å². The van der Waals surface area contributed by atoms with E-state index in [0.29, 0.717) is 0 Å². The fourth-order valence-electron chi connectivity index (χ4n) is 4.61. The van der Waals surface area contributed by atoms with Crippen LogP contribution in [0.25, 0.3) is 11.1 Å². The number of fused-ring (bicyclic) bond motifs is 1. The van der Waals surface area contributed by atoms with Crippen molar-refractivity contribution in [3.8, 4) is 11.1 Å². The van der Waals surface area contributed by atoms with E-state index in [-0.39, 0.29) is 0 Å². The van der Waals surface area contributed by atoms with Crippen molar-refractivity contribution in [1.82, 2.24) is 14.8 Å². The van der Waals surface area contributed by atoms with Crippen molar-refractivity contribution >= 4 is 5.82 Å². The largest absolute Gasteiger partial charge is 0.354 e. The second-order valence-electron chi connectivity index (χ2n) is 8.56. The van der Waals surface area contributed by atoms with Gasteiger partial charge in [-0.15, -0.1) is 0 Å². The first-order valence-electron chi connectivity index (χ1n) is 11.0. The Balaban J connectivity index is 1.48. The summed E-state index contributed by atoms with van der Waals surface area (Å²) in [6, 6.07) is 24.0. The molecule has 0 radical (unpaired) electrons. The highest BCUT2D eigenvalue weighted by molar-refractivity contribution is 5.72. The minimum absolute atomic E-state index is 0.963. The molecule has 0 amide bonds. The van der Waals surface area contributed by atoms with Crippen LogP contribution in [0, 0.1) is 0 Å². The fourth-order valence-corrected chi connectivity index (χ4v) is 4.61. The van der Waals surface area contributed by atoms with Crippen molar-refractivity contribution in [1.29, 1.82) is 0 Å². The molecule has 2 aliphatic rings. The van der Waals surface area contributed by atoms with Crippen molar-refractivity contribution < 1.29 is 0 Å². The van der Waals surface area contributed by atoms with Crippen molar-refractivity contribution in [2.45, 2.75) is 19.5 Å². The third-order valence-corrected chi connectivity index (χ3v) is 6.40. The summed E-state index contributed by atoms with van der Waals surface area (Å²) in [4.78, 5) is 12.6. The molecule has 1 saturated heterocycles. The number of anilines is 1. The zero-order valence-electron chi connectivity index (χ0n) is 17.8. The summed E-state index contributed by atoms with van der Waals surface area (Å²) in [6.45, 7) is 7.33. The van der Waals surface area contributed by atoms with Crippen molar-refractivity contribution in [3.63, 3.8) is 0 Å². The van der Waals surface area contributed by atoms with Gasteiger partial charge < -0.3 is 9.80 Å². The molecule has 0 saturated carbocycles. The van der Waals surface area contributed by atoms with Gasteiger partial charge in [0, 0.05) is 57.9 Å². The normalized spacial score (nSPS) is 17.7. The number of hydrogen-bond acceptors (Lipinski definition) is 4. The molecule has 0 atom stereocenters. The number of aromatic nitrogens is 1. The number of pyridine rings is 1. The van der Waals surface area contributed by atoms with Crippen molar-refractivity contribution in [2.75, 3.05) is 44.7 Å². The van der Waals surface area contributed by atoms with Crippen molar-refractivity contribution in [2.24, 2.45) is 0 Å². The molecule has 0 bridgehead atoms. The van der Waals surface area contributed by atoms with E-state index >= 15 is 0 Å². The van der Waals surface area contributed by atoms with E-state index in [0.717, 1.165) is 58.1 Å². The van der Waals surface area contributed by atoms with Gasteiger partial charge in [0.2, 0.25) is 0 Å². The first kappa shape index (κ1) is 19.3. The molecule has 4 nitrogen and oxygen atoms in total. The molecule has 0 N–H and O–H groups in total. The third-order valence-electron chi connectivity index (χ3n) is 6.40. The second-order valence-corrected chi connectivity index (χ2v) is 8.56. The quantitative estimate of drug-likeness (QED) is 0.661. The molecule has 2 aromatic carbocycles. The topological polar surface area (TPSA) is 22.6 Å². The van der Waals surface area contributed by atoms with Crippen LogP contribution in [0.3, 0.4) is 0 Å². The Morgan fingerprint density at radius 3 is 2.27 bits per heavy atom. The molecule has 1 fully saturated rings. The van der Waals surface area contributed by atoms with E-state index in [2.05, 4.69) is 88.5 Å². The van der Waals surface area contributed by atoms with Gasteiger partial charge >= 0.3 is 0 Å². The molecule has 0 aliphatic carbocycles. The lowest BCUT2D eigenvalue weighted by Gasteiger charge is -2.35. The second kappa shape index (κ2) is 8.58. The van der Waals surface area contributed by atoms with Crippen LogP contribution >= 0.6 is 0 Å². The molecule has 5 rings (SSSR count). The van der Waals surface area contributed by atoms with E-state index in [1.54, 1.807) is 0 Å². The zero-order valence-corrected chi connectivity index (χ0v) is 17.8. The molecule has 0 spiro atoms. The molecule has 3 aromatic rings. The first-order valence-corrected chi connectivity index (χ1v) is 11.0. The average Bonchev–Trinajstić information content (AvgIpc) is 2.80. The van der Waals surface area contributed by atoms with Gasteiger partial charge in [0.25, 0.3) is 0 Å². The lowest BCUT2D eigenvalue weighted by atomic mass is 9.94. The number of piperazine rings is 1. The Bertz CT molecular complexity index is 979. The van der Waals surface area contributed by atoms with Gasteiger partial charge in [0.15, 0.2) is 0 Å². The maximum Gasteiger partial charge on any atom is 0.129 e. The number of benzene rings is 2. The predicted molar refractivity (Wildman–Crippen MR) is 124 cm³/mol. The monoisotopic (exact) mass is 398 g/mol. The molecule has 1 aromatic heterocycles. The summed E-state index contributed by atoms with van der Waals surface area (Å²) in [5.74, 6) is 1.15. The highest BCUT2D eigenvalue weighted by atomic mass is 15.3. The maximum absolute atomic E-state index is 5.17. The molecule has 154 valence electrons. The maximum atomic E-state index is 5.17. The Morgan fingerprint density at radius 2 is 1.53 bits per heavy atom. The molecule has 2 aliphatic heterocycles. The molecule has 3 heterocycles. The predicted octanol–water partition coefficient (Wildman–Crippen LogP) is 4.06. The van der Waals surface area contributed by atoms with Gasteiger partial charge in [0.05, 0.1) is 0 Å². The zero-order chi connectivity index (χ0) is 20.3. The number of nitrogens with zero attached hydrogens (tertiary/aromatic N) is 4. The molecule has 4 heteroatoms. The molecule has 0 unspecified atom stereocenters. The fraction of sp³-hybridized carbons (Fsp3) is 0.346. The van der Waals surface area contributed by atoms with Crippen LogP contribution in [-0.2, 0) is 19.5 Å². The Morgan fingerprint density at radius 1 is 0.833 bits per heavy atom. The van der Waals surface area contributed by atoms with E-state index in [9.17, 15) is 0 Å². The SMILES string of the molecule is CN1CCN(c2cc(-c3ccccc3)c3c(n2)CCN(Cc2ccccc2)C3)CC1. The summed E-state index contributed by atoms with van der Waals surface area (Å²) in [6.07, 6.45) is 1.02. The van der Waals surface area contributed by atoms with Gasteiger partial charge in [0.1, 0.15) is 5.82 Å². The standard InChI is InChI=1S/C26H30N4/c1-28-14-16-30(17-15-28)26-18-23(22-10-6-3-7-11-22)24-20-29(13-12-25(24)27-26)19-21-8-4-2-5-9-21/h2-11,18H,12-17,19-20H2,1H3. The van der Waals surface area contributed by atoms with Crippen LogP contribution in [-0.4, -0.2) is 54.6 Å². The number of rotatable bonds is 4. The highest BCUT2D eigenvalue weighted by Crippen LogP contribution is 2.33. The minimum Gasteiger partial charge on any atom is -0.354 e. The Labute approximate surface area is 179 Å². The van der Waals surface area contributed by atoms with Crippen LogP contribution in [0.15, 0.2) is 66.7 Å². The lowest BCUT2D eigenvalue weighted by molar-refractivity contribution is 0.244. The summed E-state index contributed by atoms with van der Waals surface area (Å²) >= 11 is 0. The van der Waals surface area contributed by atoms with Gasteiger partial charge in [-0.3, -0.25) is 4.90 Å². The summed E-state index contributed by atoms with van der Waals surface area (Å²) in [7, 11) is 2.20. The van der Waals surface area contributed by atoms with Crippen LogP contribution in [0.5, 0.6) is 0 Å². The molecular weight excluding hydrogens is 368 g/mol. The van der Waals surface area contributed by atoms with E-state index < -0.39 is 0 Å². The molecular formula is C26H30N4. The lowest BCUT2D eigenvalue weighted by Crippen LogP contribution is -2.45. The average molecular weight is 399 g/mol. The smallest absolute Gasteiger partial charge is 0.129 e.